The van der Waals surface area contributed by atoms with E-state index in [-0.39, 0.29) is 5.56 Å². The lowest BCUT2D eigenvalue weighted by atomic mass is 10.0. The van der Waals surface area contributed by atoms with Crippen molar-refractivity contribution in [2.45, 2.75) is 32.3 Å². The second-order valence-corrected chi connectivity index (χ2v) is 9.21. The van der Waals surface area contributed by atoms with Gasteiger partial charge in [-0.25, -0.2) is 9.78 Å². The number of benzene rings is 3. The largest absolute Gasteiger partial charge is 0.489 e. The van der Waals surface area contributed by atoms with E-state index in [1.54, 1.807) is 0 Å². The van der Waals surface area contributed by atoms with Gasteiger partial charge in [-0.3, -0.25) is 0 Å². The number of hydrogen-bond donors (Lipinski definition) is 1. The molecule has 0 bridgehead atoms. The van der Waals surface area contributed by atoms with Gasteiger partial charge in [-0.1, -0.05) is 41.6 Å². The monoisotopic (exact) mass is 492 g/mol. The number of carbonyl (C=O) groups is 1. The van der Waals surface area contributed by atoms with E-state index in [9.17, 15) is 4.79 Å². The van der Waals surface area contributed by atoms with E-state index in [1.807, 2.05) is 48.5 Å². The summed E-state index contributed by atoms with van der Waals surface area (Å²) in [5.41, 5.74) is 4.19. The molecule has 5 aromatic rings. The van der Waals surface area contributed by atoms with Crippen molar-refractivity contribution >= 4 is 16.7 Å². The van der Waals surface area contributed by atoms with Gasteiger partial charge in [0.05, 0.1) is 11.1 Å². The summed E-state index contributed by atoms with van der Waals surface area (Å²) in [6, 6.07) is 22.8. The second-order valence-electron chi connectivity index (χ2n) is 9.21. The first-order valence-corrected chi connectivity index (χ1v) is 12.1. The number of aromatic nitrogens is 2. The van der Waals surface area contributed by atoms with Crippen LogP contribution >= 0.6 is 0 Å². The third-order valence-electron chi connectivity index (χ3n) is 6.54. The number of ether oxygens (including phenoxy) is 2. The Balaban J connectivity index is 1.21. The minimum atomic E-state index is -1.03. The Morgan fingerprint density at radius 1 is 1.00 bits per heavy atom. The topological polar surface area (TPSA) is 94.7 Å². The highest BCUT2D eigenvalue weighted by Gasteiger charge is 2.33. The van der Waals surface area contributed by atoms with Crippen molar-refractivity contribution < 1.29 is 23.9 Å². The highest BCUT2D eigenvalue weighted by molar-refractivity contribution is 5.87. The number of aromatic carboxylic acids is 1. The van der Waals surface area contributed by atoms with Gasteiger partial charge < -0.3 is 19.1 Å². The molecule has 1 N–H and O–H groups in total. The van der Waals surface area contributed by atoms with Gasteiger partial charge in [0.15, 0.2) is 0 Å². The molecule has 3 aromatic carbocycles. The summed E-state index contributed by atoms with van der Waals surface area (Å²) in [7, 11) is 0. The average molecular weight is 493 g/mol. The van der Waals surface area contributed by atoms with Gasteiger partial charge in [0.1, 0.15) is 29.6 Å². The van der Waals surface area contributed by atoms with Gasteiger partial charge in [0.25, 0.3) is 0 Å². The predicted octanol–water partition coefficient (Wildman–Crippen LogP) is 7.15. The molecule has 0 saturated heterocycles. The first kappa shape index (κ1) is 22.8. The third-order valence-corrected chi connectivity index (χ3v) is 6.54. The van der Waals surface area contributed by atoms with Crippen LogP contribution in [0.3, 0.4) is 0 Å². The molecule has 1 aliphatic rings. The quantitative estimate of drug-likeness (QED) is 0.246. The fourth-order valence-corrected chi connectivity index (χ4v) is 4.38. The maximum absolute atomic E-state index is 11.0. The lowest BCUT2D eigenvalue weighted by Gasteiger charge is -2.10. The van der Waals surface area contributed by atoms with Gasteiger partial charge in [0.2, 0.25) is 5.88 Å². The SMILES string of the molecule is Cc1ccccc1-c1noc(C2CC2)c1COc1ccc2cc(Oc3ccc(C(=O)O)cn3)ccc2c1. The maximum atomic E-state index is 11.0. The Labute approximate surface area is 213 Å². The molecular formula is C30H24N2O5. The Morgan fingerprint density at radius 2 is 1.76 bits per heavy atom. The molecule has 2 heterocycles. The lowest BCUT2D eigenvalue weighted by molar-refractivity contribution is 0.0696. The van der Waals surface area contributed by atoms with Crippen LogP contribution < -0.4 is 9.47 Å². The maximum Gasteiger partial charge on any atom is 0.337 e. The van der Waals surface area contributed by atoms with Crippen molar-refractivity contribution in [1.29, 1.82) is 0 Å². The van der Waals surface area contributed by atoms with Crippen molar-refractivity contribution in [3.63, 3.8) is 0 Å². The van der Waals surface area contributed by atoms with Crippen molar-refractivity contribution in [1.82, 2.24) is 10.1 Å². The third kappa shape index (κ3) is 4.76. The fraction of sp³-hybridized carbons (Fsp3) is 0.167. The molecule has 184 valence electrons. The number of fused-ring (bicyclic) bond motifs is 1. The smallest absolute Gasteiger partial charge is 0.337 e. The molecule has 0 amide bonds. The van der Waals surface area contributed by atoms with E-state index in [0.29, 0.717) is 24.2 Å². The van der Waals surface area contributed by atoms with Crippen molar-refractivity contribution in [2.75, 3.05) is 0 Å². The highest BCUT2D eigenvalue weighted by atomic mass is 16.5. The van der Waals surface area contributed by atoms with E-state index in [4.69, 9.17) is 19.1 Å². The molecule has 2 aromatic heterocycles. The number of hydrogen-bond acceptors (Lipinski definition) is 6. The molecule has 6 rings (SSSR count). The molecule has 0 radical (unpaired) electrons. The van der Waals surface area contributed by atoms with Crippen molar-refractivity contribution in [3.05, 3.63) is 101 Å². The van der Waals surface area contributed by atoms with Crippen LogP contribution in [-0.4, -0.2) is 21.2 Å². The summed E-state index contributed by atoms with van der Waals surface area (Å²) in [5, 5.41) is 15.4. The Kier molecular flexibility index (Phi) is 5.81. The summed E-state index contributed by atoms with van der Waals surface area (Å²) >= 11 is 0. The number of aryl methyl sites for hydroxylation is 1. The minimum Gasteiger partial charge on any atom is -0.489 e. The van der Waals surface area contributed by atoms with Crippen LogP contribution in [0.5, 0.6) is 17.4 Å². The molecule has 7 heteroatoms. The number of pyridine rings is 1. The molecule has 1 fully saturated rings. The van der Waals surface area contributed by atoms with Gasteiger partial charge in [-0.05, 0) is 66.4 Å². The van der Waals surface area contributed by atoms with Gasteiger partial charge >= 0.3 is 5.97 Å². The number of carboxylic acid groups (broad SMARTS) is 1. The van der Waals surface area contributed by atoms with Crippen LogP contribution in [0.25, 0.3) is 22.0 Å². The van der Waals surface area contributed by atoms with Crippen LogP contribution in [0.1, 0.15) is 46.0 Å². The zero-order chi connectivity index (χ0) is 25.4. The van der Waals surface area contributed by atoms with E-state index in [2.05, 4.69) is 29.2 Å². The fourth-order valence-electron chi connectivity index (χ4n) is 4.38. The normalized spacial score (nSPS) is 13.0. The lowest BCUT2D eigenvalue weighted by Crippen LogP contribution is -2.00. The van der Waals surface area contributed by atoms with Crippen LogP contribution in [0, 0.1) is 6.92 Å². The summed E-state index contributed by atoms with van der Waals surface area (Å²) in [5.74, 6) is 2.03. The molecular weight excluding hydrogens is 468 g/mol. The molecule has 0 spiro atoms. The molecule has 37 heavy (non-hydrogen) atoms. The number of nitrogens with zero attached hydrogens (tertiary/aromatic N) is 2. The predicted molar refractivity (Wildman–Crippen MR) is 138 cm³/mol. The van der Waals surface area contributed by atoms with E-state index in [1.165, 1.54) is 18.3 Å². The average Bonchev–Trinajstić information content (AvgIpc) is 3.67. The number of carboxylic acids is 1. The molecule has 0 aliphatic heterocycles. The minimum absolute atomic E-state index is 0.111. The Bertz CT molecular complexity index is 1600. The van der Waals surface area contributed by atoms with Crippen LogP contribution in [0.4, 0.5) is 0 Å². The summed E-state index contributed by atoms with van der Waals surface area (Å²) in [6.07, 6.45) is 3.51. The first-order chi connectivity index (χ1) is 18.0. The summed E-state index contributed by atoms with van der Waals surface area (Å²) in [4.78, 5) is 15.1. The van der Waals surface area contributed by atoms with E-state index in [0.717, 1.165) is 57.5 Å². The molecule has 1 aliphatic carbocycles. The summed E-state index contributed by atoms with van der Waals surface area (Å²) < 4.78 is 17.8. The van der Waals surface area contributed by atoms with Crippen molar-refractivity contribution in [3.8, 4) is 28.6 Å². The zero-order valence-corrected chi connectivity index (χ0v) is 20.2. The van der Waals surface area contributed by atoms with Gasteiger partial charge in [-0.15, -0.1) is 0 Å². The van der Waals surface area contributed by atoms with Crippen LogP contribution in [0.15, 0.2) is 83.5 Å². The van der Waals surface area contributed by atoms with Gasteiger partial charge in [-0.2, -0.15) is 0 Å². The highest BCUT2D eigenvalue weighted by Crippen LogP contribution is 2.44. The van der Waals surface area contributed by atoms with Crippen molar-refractivity contribution in [2.24, 2.45) is 0 Å². The van der Waals surface area contributed by atoms with Crippen LogP contribution in [0.2, 0.25) is 0 Å². The second kappa shape index (κ2) is 9.43. The number of rotatable bonds is 8. The molecule has 0 unspecified atom stereocenters. The van der Waals surface area contributed by atoms with E-state index >= 15 is 0 Å². The summed E-state index contributed by atoms with van der Waals surface area (Å²) in [6.45, 7) is 2.46. The van der Waals surface area contributed by atoms with Crippen LogP contribution in [-0.2, 0) is 6.61 Å². The molecule has 1 saturated carbocycles. The first-order valence-electron chi connectivity index (χ1n) is 12.1. The van der Waals surface area contributed by atoms with E-state index < -0.39 is 5.97 Å². The standard InChI is InChI=1S/C30H24N2O5/c1-18-4-2-3-5-25(18)28-26(29(37-32-28)19-6-7-19)17-35-23-11-8-21-15-24(12-9-20(21)14-23)36-27-13-10-22(16-31-27)30(33)34/h2-5,8-16,19H,6-7,17H2,1H3,(H,33,34). The Hall–Kier alpha value is -4.65. The molecule has 7 nitrogen and oxygen atoms in total. The van der Waals surface area contributed by atoms with Gasteiger partial charge in [0, 0.05) is 23.7 Å². The Morgan fingerprint density at radius 3 is 2.46 bits per heavy atom. The zero-order valence-electron chi connectivity index (χ0n) is 20.2. The molecule has 0 atom stereocenters.